The summed E-state index contributed by atoms with van der Waals surface area (Å²) < 4.78 is 26.2. The third-order valence-corrected chi connectivity index (χ3v) is 8.33. The Kier molecular flexibility index (Phi) is 7.28. The fourth-order valence-corrected chi connectivity index (χ4v) is 5.79. The van der Waals surface area contributed by atoms with E-state index in [1.807, 2.05) is 11.0 Å². The zero-order valence-corrected chi connectivity index (χ0v) is 18.4. The Hall–Kier alpha value is -1.25. The first-order valence-corrected chi connectivity index (χ1v) is 12.5. The molecule has 1 amide bonds. The van der Waals surface area contributed by atoms with E-state index in [4.69, 9.17) is 0 Å². The normalized spacial score (nSPS) is 19.0. The van der Waals surface area contributed by atoms with Gasteiger partial charge in [-0.3, -0.25) is 4.79 Å². The summed E-state index contributed by atoms with van der Waals surface area (Å²) in [5, 5.41) is 3.21. The van der Waals surface area contributed by atoms with Crippen LogP contribution in [-0.2, 0) is 14.8 Å². The van der Waals surface area contributed by atoms with Crippen LogP contribution in [-0.4, -0.2) is 57.6 Å². The van der Waals surface area contributed by atoms with Crippen molar-refractivity contribution < 1.29 is 13.2 Å². The molecule has 1 saturated carbocycles. The number of carbonyl (C=O) groups excluding carboxylic acids is 1. The SMILES string of the molecule is CN(C)S(=O)(=O)c1ccc2c(c1)N(CC(=O)NC1CCCCCCC1)CCS2. The molecule has 1 aliphatic heterocycles. The van der Waals surface area contributed by atoms with Crippen molar-refractivity contribution in [1.29, 1.82) is 0 Å². The van der Waals surface area contributed by atoms with Crippen molar-refractivity contribution in [2.45, 2.75) is 60.8 Å². The molecule has 0 radical (unpaired) electrons. The first-order valence-electron chi connectivity index (χ1n) is 10.1. The Morgan fingerprint density at radius 3 is 2.54 bits per heavy atom. The zero-order chi connectivity index (χ0) is 20.1. The van der Waals surface area contributed by atoms with Gasteiger partial charge in [-0.25, -0.2) is 12.7 Å². The number of hydrogen-bond donors (Lipinski definition) is 1. The number of nitrogens with zero attached hydrogens (tertiary/aromatic N) is 2. The highest BCUT2D eigenvalue weighted by Crippen LogP contribution is 2.36. The van der Waals surface area contributed by atoms with E-state index in [1.165, 1.54) is 50.5 Å². The molecule has 1 N–H and O–H groups in total. The molecule has 0 atom stereocenters. The summed E-state index contributed by atoms with van der Waals surface area (Å²) in [5.74, 6) is 0.924. The van der Waals surface area contributed by atoms with E-state index in [9.17, 15) is 13.2 Å². The highest BCUT2D eigenvalue weighted by atomic mass is 32.2. The lowest BCUT2D eigenvalue weighted by molar-refractivity contribution is -0.120. The number of fused-ring (bicyclic) bond motifs is 1. The minimum atomic E-state index is -3.50. The summed E-state index contributed by atoms with van der Waals surface area (Å²) in [6.45, 7) is 1.01. The number of nitrogens with one attached hydrogen (secondary N) is 1. The number of benzene rings is 1. The molecule has 0 aromatic heterocycles. The quantitative estimate of drug-likeness (QED) is 0.785. The predicted octanol–water partition coefficient (Wildman–Crippen LogP) is 3.08. The molecule has 6 nitrogen and oxygen atoms in total. The number of carbonyl (C=O) groups is 1. The minimum Gasteiger partial charge on any atom is -0.360 e. The Morgan fingerprint density at radius 2 is 1.86 bits per heavy atom. The molecule has 1 aromatic rings. The molecule has 2 aliphatic rings. The summed E-state index contributed by atoms with van der Waals surface area (Å²) in [6.07, 6.45) is 8.30. The summed E-state index contributed by atoms with van der Waals surface area (Å²) >= 11 is 1.71. The van der Waals surface area contributed by atoms with Crippen molar-refractivity contribution in [2.24, 2.45) is 0 Å². The summed E-state index contributed by atoms with van der Waals surface area (Å²) in [6, 6.07) is 5.49. The number of hydrogen-bond acceptors (Lipinski definition) is 5. The van der Waals surface area contributed by atoms with Crippen molar-refractivity contribution in [3.8, 4) is 0 Å². The van der Waals surface area contributed by atoms with E-state index in [-0.39, 0.29) is 23.4 Å². The van der Waals surface area contributed by atoms with Crippen LogP contribution in [0.15, 0.2) is 28.0 Å². The summed E-state index contributed by atoms with van der Waals surface area (Å²) in [4.78, 5) is 16.0. The maximum Gasteiger partial charge on any atom is 0.242 e. The lowest BCUT2D eigenvalue weighted by Crippen LogP contribution is -2.44. The van der Waals surface area contributed by atoms with Crippen molar-refractivity contribution in [1.82, 2.24) is 9.62 Å². The predicted molar refractivity (Wildman–Crippen MR) is 115 cm³/mol. The zero-order valence-electron chi connectivity index (χ0n) is 16.8. The Bertz CT molecular complexity index is 788. The molecule has 1 aromatic carbocycles. The highest BCUT2D eigenvalue weighted by Gasteiger charge is 2.25. The van der Waals surface area contributed by atoms with Crippen LogP contribution >= 0.6 is 11.8 Å². The average Bonchev–Trinajstić information content (AvgIpc) is 2.63. The van der Waals surface area contributed by atoms with Crippen LogP contribution in [0.4, 0.5) is 5.69 Å². The number of anilines is 1. The first kappa shape index (κ1) is 21.5. The van der Waals surface area contributed by atoms with Crippen LogP contribution in [0.3, 0.4) is 0 Å². The van der Waals surface area contributed by atoms with Gasteiger partial charge in [-0.2, -0.15) is 0 Å². The van der Waals surface area contributed by atoms with Gasteiger partial charge in [0.2, 0.25) is 15.9 Å². The lowest BCUT2D eigenvalue weighted by atomic mass is 9.97. The van der Waals surface area contributed by atoms with E-state index in [0.29, 0.717) is 0 Å². The summed E-state index contributed by atoms with van der Waals surface area (Å²) in [7, 11) is -0.433. The van der Waals surface area contributed by atoms with Crippen molar-refractivity contribution in [2.75, 3.05) is 37.8 Å². The lowest BCUT2D eigenvalue weighted by Gasteiger charge is -2.31. The molecule has 1 aliphatic carbocycles. The van der Waals surface area contributed by atoms with E-state index in [2.05, 4.69) is 5.32 Å². The van der Waals surface area contributed by atoms with E-state index in [0.717, 1.165) is 35.7 Å². The van der Waals surface area contributed by atoms with Crippen LogP contribution in [0.1, 0.15) is 44.9 Å². The fraction of sp³-hybridized carbons (Fsp3) is 0.650. The maximum atomic E-state index is 12.7. The van der Waals surface area contributed by atoms with Crippen molar-refractivity contribution in [3.05, 3.63) is 18.2 Å². The maximum absolute atomic E-state index is 12.7. The monoisotopic (exact) mass is 425 g/mol. The van der Waals surface area contributed by atoms with Gasteiger partial charge in [-0.15, -0.1) is 11.8 Å². The molecule has 0 unspecified atom stereocenters. The highest BCUT2D eigenvalue weighted by molar-refractivity contribution is 7.99. The van der Waals surface area contributed by atoms with Crippen LogP contribution < -0.4 is 10.2 Å². The molecule has 8 heteroatoms. The number of sulfonamides is 1. The molecule has 0 spiro atoms. The second-order valence-electron chi connectivity index (χ2n) is 7.80. The van der Waals surface area contributed by atoms with Gasteiger partial charge in [0.15, 0.2) is 0 Å². The first-order chi connectivity index (χ1) is 13.4. The second-order valence-corrected chi connectivity index (χ2v) is 11.1. The number of rotatable bonds is 5. The van der Waals surface area contributed by atoms with Crippen LogP contribution in [0, 0.1) is 0 Å². The smallest absolute Gasteiger partial charge is 0.242 e. The molecule has 156 valence electrons. The van der Waals surface area contributed by atoms with Gasteiger partial charge < -0.3 is 10.2 Å². The van der Waals surface area contributed by atoms with E-state index in [1.54, 1.807) is 23.9 Å². The van der Waals surface area contributed by atoms with Gasteiger partial charge in [-0.05, 0) is 31.0 Å². The molecular formula is C20H31N3O3S2. The molecule has 0 bridgehead atoms. The van der Waals surface area contributed by atoms with Gasteiger partial charge in [0.05, 0.1) is 17.1 Å². The van der Waals surface area contributed by atoms with Crippen molar-refractivity contribution in [3.63, 3.8) is 0 Å². The molecule has 28 heavy (non-hydrogen) atoms. The largest absolute Gasteiger partial charge is 0.360 e. The second kappa shape index (κ2) is 9.50. The van der Waals surface area contributed by atoms with Crippen LogP contribution in [0.5, 0.6) is 0 Å². The average molecular weight is 426 g/mol. The Balaban J connectivity index is 1.71. The molecule has 0 saturated heterocycles. The van der Waals surface area contributed by atoms with Gasteiger partial charge >= 0.3 is 0 Å². The minimum absolute atomic E-state index is 0.0318. The number of amides is 1. The fourth-order valence-electron chi connectivity index (χ4n) is 3.84. The van der Waals surface area contributed by atoms with E-state index < -0.39 is 10.0 Å². The Morgan fingerprint density at radius 1 is 1.18 bits per heavy atom. The Labute approximate surface area is 173 Å². The standard InChI is InChI=1S/C20H31N3O3S2/c1-22(2)28(25,26)17-10-11-19-18(14-17)23(12-13-27-19)15-20(24)21-16-8-6-4-3-5-7-9-16/h10-11,14,16H,3-9,12-13,15H2,1-2H3,(H,21,24). The van der Waals surface area contributed by atoms with Crippen LogP contribution in [0.2, 0.25) is 0 Å². The molecule has 1 fully saturated rings. The number of thioether (sulfide) groups is 1. The van der Waals surface area contributed by atoms with Gasteiger partial charge in [-0.1, -0.05) is 32.1 Å². The van der Waals surface area contributed by atoms with Gasteiger partial charge in [0, 0.05) is 37.3 Å². The van der Waals surface area contributed by atoms with Crippen LogP contribution in [0.25, 0.3) is 0 Å². The third kappa shape index (κ3) is 5.21. The van der Waals surface area contributed by atoms with Crippen molar-refractivity contribution >= 4 is 33.4 Å². The van der Waals surface area contributed by atoms with Gasteiger partial charge in [0.1, 0.15) is 0 Å². The third-order valence-electron chi connectivity index (χ3n) is 5.47. The molecule has 3 rings (SSSR count). The topological polar surface area (TPSA) is 69.7 Å². The molecular weight excluding hydrogens is 394 g/mol. The van der Waals surface area contributed by atoms with E-state index >= 15 is 0 Å². The van der Waals surface area contributed by atoms with Gasteiger partial charge in [0.25, 0.3) is 0 Å². The molecule has 1 heterocycles. The summed E-state index contributed by atoms with van der Waals surface area (Å²) in [5.41, 5.74) is 0.840.